The molecule has 2 heterocycles. The third-order valence-electron chi connectivity index (χ3n) is 5.11. The maximum absolute atomic E-state index is 12.6. The summed E-state index contributed by atoms with van der Waals surface area (Å²) in [7, 11) is 0. The predicted octanol–water partition coefficient (Wildman–Crippen LogP) is 6.11. The summed E-state index contributed by atoms with van der Waals surface area (Å²) in [5, 5.41) is 1.97. The van der Waals surface area contributed by atoms with Crippen molar-refractivity contribution >= 4 is 28.1 Å². The molecule has 0 fully saturated rings. The summed E-state index contributed by atoms with van der Waals surface area (Å²) >= 11 is 1.53. The first-order chi connectivity index (χ1) is 14.3. The second kappa shape index (κ2) is 9.09. The van der Waals surface area contributed by atoms with Crippen LogP contribution >= 0.6 is 11.3 Å². The Bertz CT molecular complexity index is 1130. The molecule has 4 rings (SSSR count). The molecule has 0 saturated heterocycles. The van der Waals surface area contributed by atoms with Gasteiger partial charge < -0.3 is 4.42 Å². The number of para-hydroxylation sites is 2. The van der Waals surface area contributed by atoms with Gasteiger partial charge in [0, 0.05) is 10.9 Å². The first-order valence-electron chi connectivity index (χ1n) is 10.2. The van der Waals surface area contributed by atoms with Crippen LogP contribution in [0, 0.1) is 0 Å². The van der Waals surface area contributed by atoms with Crippen molar-refractivity contribution in [2.75, 3.05) is 5.43 Å². The highest BCUT2D eigenvalue weighted by Crippen LogP contribution is 2.28. The number of rotatable bonds is 9. The van der Waals surface area contributed by atoms with E-state index in [0.717, 1.165) is 29.8 Å². The molecule has 2 aromatic carbocycles. The zero-order valence-electron chi connectivity index (χ0n) is 16.6. The summed E-state index contributed by atoms with van der Waals surface area (Å²) in [4.78, 5) is 17.0. The van der Waals surface area contributed by atoms with Crippen LogP contribution in [-0.2, 0) is 6.42 Å². The van der Waals surface area contributed by atoms with Crippen molar-refractivity contribution in [1.82, 2.24) is 9.66 Å². The topological polar surface area (TPSA) is 60.1 Å². The van der Waals surface area contributed by atoms with Crippen molar-refractivity contribution in [2.24, 2.45) is 0 Å². The Kier molecular flexibility index (Phi) is 6.10. The number of hydrogen-bond donors (Lipinski definition) is 1. The van der Waals surface area contributed by atoms with Gasteiger partial charge in [0.15, 0.2) is 5.58 Å². The van der Waals surface area contributed by atoms with E-state index in [9.17, 15) is 4.79 Å². The lowest BCUT2D eigenvalue weighted by Crippen LogP contribution is -2.22. The summed E-state index contributed by atoms with van der Waals surface area (Å²) in [6.45, 7) is 2.23. The van der Waals surface area contributed by atoms with Gasteiger partial charge in [-0.25, -0.2) is 9.78 Å². The second-order valence-corrected chi connectivity index (χ2v) is 7.88. The molecule has 29 heavy (non-hydrogen) atoms. The van der Waals surface area contributed by atoms with Crippen LogP contribution in [0.4, 0.5) is 5.69 Å². The molecule has 0 unspecified atom stereocenters. The van der Waals surface area contributed by atoms with E-state index in [1.165, 1.54) is 47.3 Å². The second-order valence-electron chi connectivity index (χ2n) is 7.16. The molecule has 6 heteroatoms. The van der Waals surface area contributed by atoms with Crippen LogP contribution in [0.5, 0.6) is 0 Å². The summed E-state index contributed by atoms with van der Waals surface area (Å²) < 4.78 is 7.00. The Labute approximate surface area is 174 Å². The van der Waals surface area contributed by atoms with Gasteiger partial charge in [0.2, 0.25) is 0 Å². The highest BCUT2D eigenvalue weighted by Gasteiger charge is 2.16. The van der Waals surface area contributed by atoms with Gasteiger partial charge in [0.25, 0.3) is 0 Å². The van der Waals surface area contributed by atoms with Crippen LogP contribution < -0.4 is 11.2 Å². The molecule has 0 saturated carbocycles. The van der Waals surface area contributed by atoms with Crippen LogP contribution in [0.2, 0.25) is 0 Å². The molecule has 150 valence electrons. The van der Waals surface area contributed by atoms with Crippen LogP contribution in [0.3, 0.4) is 0 Å². The molecule has 0 aliphatic heterocycles. The molecule has 0 radical (unpaired) electrons. The Morgan fingerprint density at radius 1 is 1.07 bits per heavy atom. The molecule has 0 amide bonds. The number of benzene rings is 2. The fourth-order valence-corrected chi connectivity index (χ4v) is 4.16. The van der Waals surface area contributed by atoms with Gasteiger partial charge in [0.1, 0.15) is 5.52 Å². The van der Waals surface area contributed by atoms with Gasteiger partial charge in [-0.05, 0) is 30.5 Å². The largest absolute Gasteiger partial charge is 0.439 e. The predicted molar refractivity (Wildman–Crippen MR) is 120 cm³/mol. The van der Waals surface area contributed by atoms with Crippen LogP contribution in [0.1, 0.15) is 44.6 Å². The molecule has 0 spiro atoms. The lowest BCUT2D eigenvalue weighted by molar-refractivity contribution is 0.533. The lowest BCUT2D eigenvalue weighted by atomic mass is 10.0. The fraction of sp³-hybridized carbons (Fsp3) is 0.304. The van der Waals surface area contributed by atoms with E-state index in [4.69, 9.17) is 4.42 Å². The van der Waals surface area contributed by atoms with E-state index >= 15 is 0 Å². The van der Waals surface area contributed by atoms with Crippen LogP contribution in [0.25, 0.3) is 22.4 Å². The van der Waals surface area contributed by atoms with Gasteiger partial charge in [-0.2, -0.15) is 4.68 Å². The van der Waals surface area contributed by atoms with Crippen molar-refractivity contribution < 1.29 is 4.42 Å². The molecule has 2 aromatic heterocycles. The number of aryl methyl sites for hydroxylation is 1. The Morgan fingerprint density at radius 3 is 2.76 bits per heavy atom. The first kappa shape index (κ1) is 19.5. The number of nitrogens with one attached hydrogen (secondary N) is 1. The third kappa shape index (κ3) is 4.27. The number of aromatic nitrogens is 2. The molecule has 1 N–H and O–H groups in total. The minimum Gasteiger partial charge on any atom is -0.406 e. The molecule has 5 nitrogen and oxygen atoms in total. The molecular formula is C23H25N3O2S. The monoisotopic (exact) mass is 407 g/mol. The number of anilines is 1. The highest BCUT2D eigenvalue weighted by atomic mass is 32.1. The smallest absolute Gasteiger partial charge is 0.406 e. The minimum atomic E-state index is -0.430. The first-order valence-corrected chi connectivity index (χ1v) is 11.1. The summed E-state index contributed by atoms with van der Waals surface area (Å²) in [6, 6.07) is 13.8. The highest BCUT2D eigenvalue weighted by molar-refractivity contribution is 7.07. The van der Waals surface area contributed by atoms with Gasteiger partial charge >= 0.3 is 5.76 Å². The van der Waals surface area contributed by atoms with Crippen molar-refractivity contribution in [1.29, 1.82) is 0 Å². The van der Waals surface area contributed by atoms with E-state index < -0.39 is 5.76 Å². The SMILES string of the molecule is CCCCCCCc1ccccc1Nn1c(=O)oc2cccc(-c3cscn3)c21. The summed E-state index contributed by atoms with van der Waals surface area (Å²) in [6.07, 6.45) is 7.16. The van der Waals surface area contributed by atoms with Crippen molar-refractivity contribution in [3.63, 3.8) is 0 Å². The standard InChI is InChI=1S/C23H25N3O2S/c1-2-3-4-5-6-10-17-11-7-8-13-19(17)25-26-22-18(20-15-29-16-24-20)12-9-14-21(22)28-23(26)27/h7-9,11-16,25H,2-6,10H2,1H3. The molecule has 0 aliphatic carbocycles. The Morgan fingerprint density at radius 2 is 1.93 bits per heavy atom. The van der Waals surface area contributed by atoms with Gasteiger partial charge in [-0.15, -0.1) is 11.3 Å². The molecule has 0 atom stereocenters. The Hall–Kier alpha value is -2.86. The zero-order chi connectivity index (χ0) is 20.1. The normalized spacial score (nSPS) is 11.2. The number of oxazole rings is 1. The Balaban J connectivity index is 1.65. The molecule has 0 aliphatic rings. The van der Waals surface area contributed by atoms with Crippen LogP contribution in [-0.4, -0.2) is 9.66 Å². The maximum Gasteiger partial charge on any atom is 0.439 e. The summed E-state index contributed by atoms with van der Waals surface area (Å²) in [5.41, 5.74) is 10.2. The number of hydrogen-bond acceptors (Lipinski definition) is 5. The number of unbranched alkanes of at least 4 members (excludes halogenated alkanes) is 4. The zero-order valence-corrected chi connectivity index (χ0v) is 17.4. The number of nitrogens with zero attached hydrogens (tertiary/aromatic N) is 2. The van der Waals surface area contributed by atoms with E-state index in [1.807, 2.05) is 41.8 Å². The van der Waals surface area contributed by atoms with E-state index in [1.54, 1.807) is 5.51 Å². The fourth-order valence-electron chi connectivity index (χ4n) is 3.61. The van der Waals surface area contributed by atoms with Gasteiger partial charge in [0.05, 0.1) is 16.9 Å². The maximum atomic E-state index is 12.6. The van der Waals surface area contributed by atoms with Crippen molar-refractivity contribution in [2.45, 2.75) is 45.4 Å². The van der Waals surface area contributed by atoms with E-state index in [0.29, 0.717) is 11.1 Å². The number of fused-ring (bicyclic) bond motifs is 1. The van der Waals surface area contributed by atoms with Crippen molar-refractivity contribution in [3.8, 4) is 11.3 Å². The van der Waals surface area contributed by atoms with Gasteiger partial charge in [-0.3, -0.25) is 5.43 Å². The number of thiazole rings is 1. The third-order valence-corrected chi connectivity index (χ3v) is 5.70. The van der Waals surface area contributed by atoms with E-state index in [-0.39, 0.29) is 0 Å². The molecule has 4 aromatic rings. The quantitative estimate of drug-likeness (QED) is 0.340. The summed E-state index contributed by atoms with van der Waals surface area (Å²) in [5.74, 6) is -0.430. The van der Waals surface area contributed by atoms with E-state index in [2.05, 4.69) is 23.4 Å². The molecule has 0 bridgehead atoms. The average molecular weight is 408 g/mol. The van der Waals surface area contributed by atoms with Gasteiger partial charge in [-0.1, -0.05) is 62.9 Å². The molecular weight excluding hydrogens is 382 g/mol. The van der Waals surface area contributed by atoms with Crippen LogP contribution in [0.15, 0.2) is 62.6 Å². The lowest BCUT2D eigenvalue weighted by Gasteiger charge is -2.13. The minimum absolute atomic E-state index is 0.430. The average Bonchev–Trinajstić information content (AvgIpc) is 3.37. The van der Waals surface area contributed by atoms with Crippen molar-refractivity contribution in [3.05, 3.63) is 69.5 Å².